The van der Waals surface area contributed by atoms with Crippen LogP contribution in [-0.4, -0.2) is 39.8 Å². The molecule has 0 amide bonds. The van der Waals surface area contributed by atoms with E-state index in [1.165, 1.54) is 12.1 Å². The number of H-pyrrole nitrogens is 2. The molecule has 0 spiro atoms. The highest BCUT2D eigenvalue weighted by Crippen LogP contribution is 2.25. The van der Waals surface area contributed by atoms with Crippen LogP contribution in [0.2, 0.25) is 0 Å². The average Bonchev–Trinajstić information content (AvgIpc) is 2.86. The molecule has 0 saturated carbocycles. The molecule has 7 heteroatoms. The number of hydrogen-bond donors (Lipinski definition) is 2. The summed E-state index contributed by atoms with van der Waals surface area (Å²) in [6, 6.07) is 6.44. The Morgan fingerprint density at radius 2 is 2.15 bits per heavy atom. The van der Waals surface area contributed by atoms with Crippen LogP contribution >= 0.6 is 0 Å². The molecule has 2 aromatic rings. The Hall–Kier alpha value is -1.99. The van der Waals surface area contributed by atoms with Gasteiger partial charge in [-0.25, -0.2) is 14.3 Å². The zero-order valence-electron chi connectivity index (χ0n) is 10.8. The maximum Gasteiger partial charge on any atom is 0.361 e. The van der Waals surface area contributed by atoms with Crippen molar-refractivity contribution in [3.8, 4) is 0 Å². The van der Waals surface area contributed by atoms with Gasteiger partial charge < -0.3 is 4.74 Å². The van der Waals surface area contributed by atoms with Crippen molar-refractivity contribution in [2.45, 2.75) is 12.6 Å². The van der Waals surface area contributed by atoms with E-state index < -0.39 is 0 Å². The Morgan fingerprint density at radius 1 is 1.35 bits per heavy atom. The molecule has 0 radical (unpaired) electrons. The molecule has 1 aliphatic heterocycles. The molecular weight excluding hydrogens is 263 g/mol. The number of halogens is 1. The van der Waals surface area contributed by atoms with Crippen LogP contribution in [0.5, 0.6) is 0 Å². The standard InChI is InChI=1S/C13H15FN4O2/c14-10-3-1-9(2-4-10)11-8-20-6-5-18(11)7-12-15-13(19)17-16-12/h1-4,11H,5-8H2,(H2,15,16,17,19)/t11-/m1/s1. The first kappa shape index (κ1) is 13.0. The van der Waals surface area contributed by atoms with Gasteiger partial charge in [0.25, 0.3) is 0 Å². The summed E-state index contributed by atoms with van der Waals surface area (Å²) in [6.45, 7) is 2.42. The molecule has 0 unspecified atom stereocenters. The molecule has 20 heavy (non-hydrogen) atoms. The summed E-state index contributed by atoms with van der Waals surface area (Å²) in [5.41, 5.74) is 0.607. The zero-order valence-corrected chi connectivity index (χ0v) is 10.8. The summed E-state index contributed by atoms with van der Waals surface area (Å²) >= 11 is 0. The van der Waals surface area contributed by atoms with Crippen molar-refractivity contribution < 1.29 is 9.13 Å². The quantitative estimate of drug-likeness (QED) is 0.871. The summed E-state index contributed by atoms with van der Waals surface area (Å²) < 4.78 is 18.5. The Labute approximate surface area is 114 Å². The summed E-state index contributed by atoms with van der Waals surface area (Å²) in [5, 5.41) is 5.16. The lowest BCUT2D eigenvalue weighted by Crippen LogP contribution is -2.39. The fraction of sp³-hybridized carbons (Fsp3) is 0.385. The minimum atomic E-state index is -0.383. The Balaban J connectivity index is 1.80. The molecule has 1 aromatic heterocycles. The van der Waals surface area contributed by atoms with Gasteiger partial charge >= 0.3 is 5.69 Å². The van der Waals surface area contributed by atoms with E-state index in [-0.39, 0.29) is 17.5 Å². The van der Waals surface area contributed by atoms with E-state index >= 15 is 0 Å². The predicted octanol–water partition coefficient (Wildman–Crippen LogP) is 0.811. The van der Waals surface area contributed by atoms with E-state index in [0.717, 1.165) is 12.1 Å². The second-order valence-electron chi connectivity index (χ2n) is 4.73. The van der Waals surface area contributed by atoms with Crippen LogP contribution in [0.1, 0.15) is 17.4 Å². The molecule has 1 atom stereocenters. The first-order valence-corrected chi connectivity index (χ1v) is 6.43. The maximum absolute atomic E-state index is 13.0. The fourth-order valence-corrected chi connectivity index (χ4v) is 2.39. The summed E-state index contributed by atoms with van der Waals surface area (Å²) in [5.74, 6) is 0.331. The molecule has 1 aromatic carbocycles. The number of nitrogens with zero attached hydrogens (tertiary/aromatic N) is 2. The Morgan fingerprint density at radius 3 is 2.85 bits per heavy atom. The molecule has 2 N–H and O–H groups in total. The van der Waals surface area contributed by atoms with Gasteiger partial charge in [0.2, 0.25) is 0 Å². The summed E-state index contributed by atoms with van der Waals surface area (Å²) in [6.07, 6.45) is 0. The van der Waals surface area contributed by atoms with Gasteiger partial charge in [0.1, 0.15) is 11.6 Å². The molecule has 6 nitrogen and oxygen atoms in total. The molecule has 1 fully saturated rings. The van der Waals surface area contributed by atoms with E-state index in [1.54, 1.807) is 12.1 Å². The number of aromatic amines is 2. The molecule has 106 valence electrons. The van der Waals surface area contributed by atoms with Crippen molar-refractivity contribution in [3.05, 3.63) is 52.0 Å². The van der Waals surface area contributed by atoms with Crippen LogP contribution in [-0.2, 0) is 11.3 Å². The molecule has 2 heterocycles. The van der Waals surface area contributed by atoms with Gasteiger partial charge in [-0.2, -0.15) is 4.98 Å². The first-order valence-electron chi connectivity index (χ1n) is 6.43. The number of aromatic nitrogens is 3. The largest absolute Gasteiger partial charge is 0.378 e. The highest BCUT2D eigenvalue weighted by molar-refractivity contribution is 5.20. The second kappa shape index (κ2) is 5.56. The van der Waals surface area contributed by atoms with Gasteiger partial charge in [-0.15, -0.1) is 0 Å². The van der Waals surface area contributed by atoms with Crippen LogP contribution < -0.4 is 5.69 Å². The van der Waals surface area contributed by atoms with E-state index in [9.17, 15) is 9.18 Å². The Bertz CT molecular complexity index is 622. The van der Waals surface area contributed by atoms with Crippen molar-refractivity contribution in [2.75, 3.05) is 19.8 Å². The topological polar surface area (TPSA) is 74.0 Å². The lowest BCUT2D eigenvalue weighted by Gasteiger charge is -2.35. The minimum absolute atomic E-state index is 0.0320. The number of nitrogens with one attached hydrogen (secondary N) is 2. The lowest BCUT2D eigenvalue weighted by molar-refractivity contribution is -0.0138. The van der Waals surface area contributed by atoms with Crippen LogP contribution in [0.4, 0.5) is 4.39 Å². The minimum Gasteiger partial charge on any atom is -0.378 e. The Kier molecular flexibility index (Phi) is 3.62. The van der Waals surface area contributed by atoms with Gasteiger partial charge in [-0.05, 0) is 17.7 Å². The molecule has 1 aliphatic rings. The molecule has 1 saturated heterocycles. The third kappa shape index (κ3) is 2.78. The van der Waals surface area contributed by atoms with E-state index in [0.29, 0.717) is 25.6 Å². The van der Waals surface area contributed by atoms with Gasteiger partial charge in [0, 0.05) is 6.54 Å². The SMILES string of the molecule is O=c1nc(CN2CCOC[C@@H]2c2ccc(F)cc2)[nH][nH]1. The number of hydrogen-bond acceptors (Lipinski definition) is 4. The molecule has 0 bridgehead atoms. The van der Waals surface area contributed by atoms with Gasteiger partial charge in [0.15, 0.2) is 0 Å². The third-order valence-electron chi connectivity index (χ3n) is 3.40. The van der Waals surface area contributed by atoms with Gasteiger partial charge in [-0.1, -0.05) is 12.1 Å². The van der Waals surface area contributed by atoms with E-state index in [1.807, 2.05) is 0 Å². The van der Waals surface area contributed by atoms with Crippen LogP contribution in [0, 0.1) is 5.82 Å². The average molecular weight is 278 g/mol. The van der Waals surface area contributed by atoms with Gasteiger partial charge in [-0.3, -0.25) is 10.00 Å². The van der Waals surface area contributed by atoms with Crippen LogP contribution in [0.3, 0.4) is 0 Å². The lowest BCUT2D eigenvalue weighted by atomic mass is 10.0. The monoisotopic (exact) mass is 278 g/mol. The van der Waals surface area contributed by atoms with Crippen LogP contribution in [0.25, 0.3) is 0 Å². The maximum atomic E-state index is 13.0. The smallest absolute Gasteiger partial charge is 0.361 e. The van der Waals surface area contributed by atoms with Crippen molar-refractivity contribution in [2.24, 2.45) is 0 Å². The van der Waals surface area contributed by atoms with Crippen molar-refractivity contribution in [1.29, 1.82) is 0 Å². The number of benzene rings is 1. The fourth-order valence-electron chi connectivity index (χ4n) is 2.39. The van der Waals surface area contributed by atoms with E-state index in [2.05, 4.69) is 20.1 Å². The zero-order chi connectivity index (χ0) is 13.9. The number of rotatable bonds is 3. The van der Waals surface area contributed by atoms with Crippen molar-refractivity contribution >= 4 is 0 Å². The number of ether oxygens (including phenoxy) is 1. The van der Waals surface area contributed by atoms with Crippen LogP contribution in [0.15, 0.2) is 29.1 Å². The highest BCUT2D eigenvalue weighted by atomic mass is 19.1. The molecule has 3 rings (SSSR count). The second-order valence-corrected chi connectivity index (χ2v) is 4.73. The van der Waals surface area contributed by atoms with Crippen molar-refractivity contribution in [3.63, 3.8) is 0 Å². The highest BCUT2D eigenvalue weighted by Gasteiger charge is 2.25. The predicted molar refractivity (Wildman–Crippen MR) is 69.6 cm³/mol. The van der Waals surface area contributed by atoms with E-state index in [4.69, 9.17) is 4.74 Å². The summed E-state index contributed by atoms with van der Waals surface area (Å²) in [4.78, 5) is 17.0. The first-order chi connectivity index (χ1) is 9.72. The third-order valence-corrected chi connectivity index (χ3v) is 3.40. The number of morpholine rings is 1. The van der Waals surface area contributed by atoms with Crippen molar-refractivity contribution in [1.82, 2.24) is 20.1 Å². The summed E-state index contributed by atoms with van der Waals surface area (Å²) in [7, 11) is 0. The molecule has 0 aliphatic carbocycles. The molecular formula is C13H15FN4O2. The normalized spacial score (nSPS) is 20.1. The van der Waals surface area contributed by atoms with Gasteiger partial charge in [0.05, 0.1) is 25.8 Å².